The molecular formula is C23H21Br2N3O6. The van der Waals surface area contributed by atoms with Crippen molar-refractivity contribution in [2.24, 2.45) is 0 Å². The van der Waals surface area contributed by atoms with E-state index in [4.69, 9.17) is 9.47 Å². The molecule has 1 heterocycles. The molecule has 0 unspecified atom stereocenters. The van der Waals surface area contributed by atoms with E-state index in [0.717, 1.165) is 10.5 Å². The van der Waals surface area contributed by atoms with Crippen molar-refractivity contribution < 1.29 is 28.7 Å². The zero-order chi connectivity index (χ0) is 24.8. The van der Waals surface area contributed by atoms with E-state index >= 15 is 0 Å². The van der Waals surface area contributed by atoms with Crippen molar-refractivity contribution >= 4 is 67.4 Å². The van der Waals surface area contributed by atoms with Crippen LogP contribution in [0.1, 0.15) is 18.1 Å². The van der Waals surface area contributed by atoms with Gasteiger partial charge in [-0.1, -0.05) is 12.1 Å². The van der Waals surface area contributed by atoms with Crippen LogP contribution in [0.4, 0.5) is 10.5 Å². The lowest BCUT2D eigenvalue weighted by Gasteiger charge is -2.12. The van der Waals surface area contributed by atoms with E-state index in [1.807, 2.05) is 13.0 Å². The van der Waals surface area contributed by atoms with Crippen LogP contribution in [0.25, 0.3) is 6.08 Å². The van der Waals surface area contributed by atoms with Crippen molar-refractivity contribution in [2.45, 2.75) is 13.8 Å². The van der Waals surface area contributed by atoms with Crippen molar-refractivity contribution in [1.29, 1.82) is 0 Å². The Hall–Kier alpha value is -3.18. The summed E-state index contributed by atoms with van der Waals surface area (Å²) in [7, 11) is 0. The lowest BCUT2D eigenvalue weighted by atomic mass is 10.2. The number of amides is 4. The molecular weight excluding hydrogens is 574 g/mol. The van der Waals surface area contributed by atoms with Gasteiger partial charge in [-0.25, -0.2) is 14.5 Å². The molecule has 0 aliphatic carbocycles. The molecule has 3 rings (SSSR count). The minimum absolute atomic E-state index is 0.0207. The molecule has 0 bridgehead atoms. The lowest BCUT2D eigenvalue weighted by Crippen LogP contribution is -2.38. The molecule has 1 fully saturated rings. The highest BCUT2D eigenvalue weighted by molar-refractivity contribution is 9.11. The summed E-state index contributed by atoms with van der Waals surface area (Å²) >= 11 is 6.75. The molecule has 4 amide bonds. The molecule has 0 saturated carbocycles. The predicted molar refractivity (Wildman–Crippen MR) is 132 cm³/mol. The fraction of sp³-hybridized carbons (Fsp3) is 0.217. The number of hydrogen-bond donors (Lipinski definition) is 2. The van der Waals surface area contributed by atoms with E-state index in [-0.39, 0.29) is 18.9 Å². The standard InChI is InChI=1S/C23H21Br2N3O6/c1-3-33-20(30)12-34-21-16(24)8-14(9-17(21)25)10-18-22(31)28(23(32)27-18)11-19(29)26-15-6-4-5-13(2)7-15/h4-10H,3,11-12H2,1-2H3,(H,26,29)(H,27,32)/b18-10+. The largest absolute Gasteiger partial charge is 0.480 e. The molecule has 11 heteroatoms. The van der Waals surface area contributed by atoms with Crippen molar-refractivity contribution in [1.82, 2.24) is 10.2 Å². The number of carbonyl (C=O) groups is 4. The van der Waals surface area contributed by atoms with Gasteiger partial charge in [-0.3, -0.25) is 9.59 Å². The Balaban J connectivity index is 1.69. The maximum Gasteiger partial charge on any atom is 0.344 e. The second-order valence-corrected chi connectivity index (χ2v) is 8.91. The first-order valence-corrected chi connectivity index (χ1v) is 11.7. The Kier molecular flexibility index (Phi) is 8.46. The number of nitrogens with one attached hydrogen (secondary N) is 2. The Morgan fingerprint density at radius 3 is 2.50 bits per heavy atom. The highest BCUT2D eigenvalue weighted by atomic mass is 79.9. The Morgan fingerprint density at radius 2 is 1.85 bits per heavy atom. The Morgan fingerprint density at radius 1 is 1.15 bits per heavy atom. The first-order valence-electron chi connectivity index (χ1n) is 10.2. The van der Waals surface area contributed by atoms with Gasteiger partial charge in [-0.15, -0.1) is 0 Å². The third-order valence-electron chi connectivity index (χ3n) is 4.54. The number of imide groups is 1. The molecule has 0 radical (unpaired) electrons. The maximum atomic E-state index is 12.7. The lowest BCUT2D eigenvalue weighted by molar-refractivity contribution is -0.145. The van der Waals surface area contributed by atoms with E-state index in [1.165, 1.54) is 6.08 Å². The van der Waals surface area contributed by atoms with Gasteiger partial charge >= 0.3 is 12.0 Å². The first-order chi connectivity index (χ1) is 16.2. The second-order valence-electron chi connectivity index (χ2n) is 7.20. The van der Waals surface area contributed by atoms with Crippen molar-refractivity contribution in [2.75, 3.05) is 25.1 Å². The average Bonchev–Trinajstić information content (AvgIpc) is 3.00. The molecule has 9 nitrogen and oxygen atoms in total. The van der Waals surface area contributed by atoms with Crippen molar-refractivity contribution in [3.05, 3.63) is 62.2 Å². The molecule has 2 aromatic rings. The Labute approximate surface area is 212 Å². The van der Waals surface area contributed by atoms with Gasteiger partial charge < -0.3 is 20.1 Å². The summed E-state index contributed by atoms with van der Waals surface area (Å²) < 4.78 is 11.4. The number of hydrogen-bond acceptors (Lipinski definition) is 6. The minimum atomic E-state index is -0.692. The fourth-order valence-corrected chi connectivity index (χ4v) is 4.53. The molecule has 0 spiro atoms. The molecule has 1 aliphatic heterocycles. The molecule has 0 aromatic heterocycles. The average molecular weight is 595 g/mol. The number of ether oxygens (including phenoxy) is 2. The number of nitrogens with zero attached hydrogens (tertiary/aromatic N) is 1. The van der Waals surface area contributed by atoms with Gasteiger partial charge in [0.05, 0.1) is 15.6 Å². The van der Waals surface area contributed by atoms with Crippen LogP contribution >= 0.6 is 31.9 Å². The van der Waals surface area contributed by atoms with Crippen molar-refractivity contribution in [3.63, 3.8) is 0 Å². The van der Waals surface area contributed by atoms with Crippen LogP contribution in [-0.2, 0) is 19.1 Å². The van der Waals surface area contributed by atoms with Gasteiger partial charge in [0.1, 0.15) is 18.0 Å². The topological polar surface area (TPSA) is 114 Å². The number of halogens is 2. The molecule has 1 saturated heterocycles. The summed E-state index contributed by atoms with van der Waals surface area (Å²) in [6.07, 6.45) is 1.48. The monoisotopic (exact) mass is 593 g/mol. The van der Waals surface area contributed by atoms with Crippen LogP contribution in [0.5, 0.6) is 5.75 Å². The summed E-state index contributed by atoms with van der Waals surface area (Å²) in [6.45, 7) is 3.15. The van der Waals surface area contributed by atoms with E-state index < -0.39 is 30.4 Å². The zero-order valence-electron chi connectivity index (χ0n) is 18.3. The highest BCUT2D eigenvalue weighted by Gasteiger charge is 2.35. The first kappa shape index (κ1) is 25.4. The van der Waals surface area contributed by atoms with Crippen LogP contribution in [0, 0.1) is 6.92 Å². The minimum Gasteiger partial charge on any atom is -0.480 e. The number of carbonyl (C=O) groups excluding carboxylic acids is 4. The van der Waals surface area contributed by atoms with E-state index in [1.54, 1.807) is 37.3 Å². The number of esters is 1. The number of benzene rings is 2. The number of urea groups is 1. The molecule has 0 atom stereocenters. The third-order valence-corrected chi connectivity index (χ3v) is 5.72. The van der Waals surface area contributed by atoms with Crippen molar-refractivity contribution in [3.8, 4) is 5.75 Å². The molecule has 178 valence electrons. The normalized spacial score (nSPS) is 14.2. The van der Waals surface area contributed by atoms with E-state index in [2.05, 4.69) is 42.5 Å². The van der Waals surface area contributed by atoms with E-state index in [0.29, 0.717) is 25.9 Å². The van der Waals surface area contributed by atoms with E-state index in [9.17, 15) is 19.2 Å². The summed E-state index contributed by atoms with van der Waals surface area (Å²) in [5.41, 5.74) is 2.13. The van der Waals surface area contributed by atoms with Crippen LogP contribution in [0.15, 0.2) is 51.0 Å². The van der Waals surface area contributed by atoms with Gasteiger partial charge in [-0.05, 0) is 87.2 Å². The second kappa shape index (κ2) is 11.3. The van der Waals surface area contributed by atoms with Crippen LogP contribution in [0.2, 0.25) is 0 Å². The van der Waals surface area contributed by atoms with Crippen LogP contribution in [-0.4, -0.2) is 48.5 Å². The zero-order valence-corrected chi connectivity index (χ0v) is 21.5. The smallest absolute Gasteiger partial charge is 0.344 e. The quantitative estimate of drug-likeness (QED) is 0.271. The van der Waals surface area contributed by atoms with Gasteiger partial charge in [0.2, 0.25) is 5.91 Å². The molecule has 1 aliphatic rings. The molecule has 2 aromatic carbocycles. The number of rotatable bonds is 8. The van der Waals surface area contributed by atoms with Gasteiger partial charge in [0, 0.05) is 5.69 Å². The summed E-state index contributed by atoms with van der Waals surface area (Å²) in [4.78, 5) is 49.8. The van der Waals surface area contributed by atoms with Crippen LogP contribution in [0.3, 0.4) is 0 Å². The fourth-order valence-electron chi connectivity index (χ4n) is 3.08. The summed E-state index contributed by atoms with van der Waals surface area (Å²) in [5.74, 6) is -1.24. The number of aryl methyl sites for hydroxylation is 1. The molecule has 2 N–H and O–H groups in total. The maximum absolute atomic E-state index is 12.7. The van der Waals surface area contributed by atoms with Gasteiger partial charge in [-0.2, -0.15) is 0 Å². The predicted octanol–water partition coefficient (Wildman–Crippen LogP) is 3.99. The SMILES string of the molecule is CCOC(=O)COc1c(Br)cc(/C=C2/NC(=O)N(CC(=O)Nc3cccc(C)c3)C2=O)cc1Br. The van der Waals surface area contributed by atoms with Crippen LogP contribution < -0.4 is 15.4 Å². The summed E-state index contributed by atoms with van der Waals surface area (Å²) in [5, 5.41) is 5.16. The summed E-state index contributed by atoms with van der Waals surface area (Å²) in [6, 6.07) is 9.81. The molecule has 34 heavy (non-hydrogen) atoms. The highest BCUT2D eigenvalue weighted by Crippen LogP contribution is 2.35. The van der Waals surface area contributed by atoms with Gasteiger partial charge in [0.15, 0.2) is 6.61 Å². The third kappa shape index (κ3) is 6.45. The number of anilines is 1. The van der Waals surface area contributed by atoms with Gasteiger partial charge in [0.25, 0.3) is 5.91 Å². The Bertz CT molecular complexity index is 1160.